The number of alkyl halides is 1. The molecule has 0 heterocycles. The van der Waals surface area contributed by atoms with Crippen LogP contribution in [-0.2, 0) is 15.4 Å². The summed E-state index contributed by atoms with van der Waals surface area (Å²) < 4.78 is 27.2. The molecule has 0 amide bonds. The van der Waals surface area contributed by atoms with E-state index in [9.17, 15) is 8.42 Å². The first-order valence-corrected chi connectivity index (χ1v) is 8.78. The van der Waals surface area contributed by atoms with Gasteiger partial charge in [-0.1, -0.05) is 34.1 Å². The zero-order chi connectivity index (χ0) is 14.8. The van der Waals surface area contributed by atoms with E-state index in [0.29, 0.717) is 5.69 Å². The maximum Gasteiger partial charge on any atom is 0.261 e. The van der Waals surface area contributed by atoms with E-state index in [4.69, 9.17) is 0 Å². The molecule has 2 aromatic rings. The van der Waals surface area contributed by atoms with Gasteiger partial charge in [0.15, 0.2) is 0 Å². The predicted molar refractivity (Wildman–Crippen MR) is 85.8 cm³/mol. The molecule has 106 valence electrons. The second kappa shape index (κ2) is 5.97. The van der Waals surface area contributed by atoms with Crippen LogP contribution in [0.25, 0.3) is 0 Å². The fourth-order valence-corrected chi connectivity index (χ4v) is 3.27. The molecule has 0 saturated heterocycles. The van der Waals surface area contributed by atoms with E-state index < -0.39 is 10.0 Å². The van der Waals surface area contributed by atoms with Crippen LogP contribution in [0.3, 0.4) is 0 Å². The molecule has 0 radical (unpaired) electrons. The summed E-state index contributed by atoms with van der Waals surface area (Å²) in [7, 11) is -3.53. The topological polar surface area (TPSA) is 46.2 Å². The minimum atomic E-state index is -3.53. The molecule has 0 saturated carbocycles. The number of anilines is 1. The molecule has 0 unspecified atom stereocenters. The van der Waals surface area contributed by atoms with Crippen molar-refractivity contribution in [2.45, 2.75) is 24.1 Å². The third-order valence-electron chi connectivity index (χ3n) is 3.15. The number of aryl methyl sites for hydroxylation is 2. The summed E-state index contributed by atoms with van der Waals surface area (Å²) in [6.45, 7) is 3.86. The fourth-order valence-electron chi connectivity index (χ4n) is 1.76. The van der Waals surface area contributed by atoms with Gasteiger partial charge in [0.1, 0.15) is 0 Å². The number of sulfonamides is 1. The standard InChI is InChI=1S/C15H16BrNO2S/c1-11-3-8-15(9-12(11)2)20(18,19)17-14-6-4-13(10-16)5-7-14/h3-9,17H,10H2,1-2H3. The molecule has 0 aliphatic carbocycles. The van der Waals surface area contributed by atoms with E-state index in [2.05, 4.69) is 20.7 Å². The molecule has 0 aliphatic rings. The van der Waals surface area contributed by atoms with Crippen molar-refractivity contribution in [2.24, 2.45) is 0 Å². The van der Waals surface area contributed by atoms with Crippen molar-refractivity contribution in [3.8, 4) is 0 Å². The molecule has 3 nitrogen and oxygen atoms in total. The molecule has 20 heavy (non-hydrogen) atoms. The van der Waals surface area contributed by atoms with Crippen LogP contribution in [0.1, 0.15) is 16.7 Å². The smallest absolute Gasteiger partial charge is 0.261 e. The van der Waals surface area contributed by atoms with Crippen molar-refractivity contribution >= 4 is 31.6 Å². The minimum Gasteiger partial charge on any atom is -0.280 e. The molecule has 0 atom stereocenters. The van der Waals surface area contributed by atoms with Crippen molar-refractivity contribution in [3.63, 3.8) is 0 Å². The van der Waals surface area contributed by atoms with Gasteiger partial charge in [-0.15, -0.1) is 0 Å². The third kappa shape index (κ3) is 3.41. The van der Waals surface area contributed by atoms with Gasteiger partial charge in [-0.25, -0.2) is 8.42 Å². The van der Waals surface area contributed by atoms with Crippen LogP contribution in [0, 0.1) is 13.8 Å². The largest absolute Gasteiger partial charge is 0.280 e. The molecule has 2 rings (SSSR count). The summed E-state index contributed by atoms with van der Waals surface area (Å²) in [5.74, 6) is 0. The Labute approximate surface area is 128 Å². The summed E-state index contributed by atoms with van der Waals surface area (Å²) in [4.78, 5) is 0.283. The van der Waals surface area contributed by atoms with Gasteiger partial charge in [0.05, 0.1) is 4.90 Å². The molecular formula is C15H16BrNO2S. The first-order valence-electron chi connectivity index (χ1n) is 6.17. The summed E-state index contributed by atoms with van der Waals surface area (Å²) >= 11 is 3.36. The Morgan fingerprint density at radius 1 is 1.00 bits per heavy atom. The SMILES string of the molecule is Cc1ccc(S(=O)(=O)Nc2ccc(CBr)cc2)cc1C. The number of nitrogens with one attached hydrogen (secondary N) is 1. The second-order valence-corrected chi connectivity index (χ2v) is 6.93. The van der Waals surface area contributed by atoms with E-state index in [1.54, 1.807) is 24.3 Å². The van der Waals surface area contributed by atoms with Gasteiger partial charge in [0, 0.05) is 11.0 Å². The lowest BCUT2D eigenvalue weighted by Gasteiger charge is -2.10. The average Bonchev–Trinajstić information content (AvgIpc) is 2.42. The summed E-state index contributed by atoms with van der Waals surface area (Å²) in [6.07, 6.45) is 0. The van der Waals surface area contributed by atoms with Crippen molar-refractivity contribution in [1.82, 2.24) is 0 Å². The van der Waals surface area contributed by atoms with Gasteiger partial charge < -0.3 is 0 Å². The maximum atomic E-state index is 12.3. The van der Waals surface area contributed by atoms with Gasteiger partial charge in [-0.3, -0.25) is 4.72 Å². The highest BCUT2D eigenvalue weighted by Gasteiger charge is 2.14. The molecule has 5 heteroatoms. The van der Waals surface area contributed by atoms with Crippen LogP contribution in [0.5, 0.6) is 0 Å². The molecule has 0 aromatic heterocycles. The first-order chi connectivity index (χ1) is 9.42. The Morgan fingerprint density at radius 3 is 2.20 bits per heavy atom. The second-order valence-electron chi connectivity index (χ2n) is 4.68. The number of halogens is 1. The normalized spacial score (nSPS) is 11.3. The average molecular weight is 354 g/mol. The number of benzene rings is 2. The Hall–Kier alpha value is -1.33. The molecular weight excluding hydrogens is 338 g/mol. The Bertz CT molecular complexity index is 709. The molecule has 1 N–H and O–H groups in total. The van der Waals surface area contributed by atoms with Crippen LogP contribution in [0.4, 0.5) is 5.69 Å². The highest BCUT2D eigenvalue weighted by atomic mass is 79.9. The molecule has 0 bridgehead atoms. The lowest BCUT2D eigenvalue weighted by atomic mass is 10.1. The lowest BCUT2D eigenvalue weighted by molar-refractivity contribution is 0.601. The van der Waals surface area contributed by atoms with Gasteiger partial charge in [0.2, 0.25) is 0 Å². The monoisotopic (exact) mass is 353 g/mol. The lowest BCUT2D eigenvalue weighted by Crippen LogP contribution is -2.13. The van der Waals surface area contributed by atoms with Gasteiger partial charge in [-0.2, -0.15) is 0 Å². The third-order valence-corrected chi connectivity index (χ3v) is 5.18. The van der Waals surface area contributed by atoms with Crippen molar-refractivity contribution in [1.29, 1.82) is 0 Å². The molecule has 0 spiro atoms. The highest BCUT2D eigenvalue weighted by Crippen LogP contribution is 2.19. The zero-order valence-corrected chi connectivity index (χ0v) is 13.8. The molecule has 0 fully saturated rings. The number of hydrogen-bond donors (Lipinski definition) is 1. The van der Waals surface area contributed by atoms with Gasteiger partial charge in [0.25, 0.3) is 10.0 Å². The number of hydrogen-bond acceptors (Lipinski definition) is 2. The van der Waals surface area contributed by atoms with Crippen molar-refractivity contribution < 1.29 is 8.42 Å². The Morgan fingerprint density at radius 2 is 1.65 bits per heavy atom. The van der Waals surface area contributed by atoms with E-state index in [-0.39, 0.29) is 4.90 Å². The van der Waals surface area contributed by atoms with Crippen LogP contribution < -0.4 is 4.72 Å². The van der Waals surface area contributed by atoms with Crippen molar-refractivity contribution in [3.05, 3.63) is 59.2 Å². The Kier molecular flexibility index (Phi) is 4.50. The highest BCUT2D eigenvalue weighted by molar-refractivity contribution is 9.08. The Balaban J connectivity index is 2.27. The molecule has 0 aliphatic heterocycles. The van der Waals surface area contributed by atoms with Crippen LogP contribution in [0.15, 0.2) is 47.4 Å². The van der Waals surface area contributed by atoms with E-state index >= 15 is 0 Å². The van der Waals surface area contributed by atoms with Crippen LogP contribution in [0.2, 0.25) is 0 Å². The molecule has 2 aromatic carbocycles. The van der Waals surface area contributed by atoms with E-state index in [1.807, 2.05) is 32.0 Å². The van der Waals surface area contributed by atoms with Gasteiger partial charge in [-0.05, 0) is 54.8 Å². The van der Waals surface area contributed by atoms with Crippen molar-refractivity contribution in [2.75, 3.05) is 4.72 Å². The summed E-state index contributed by atoms with van der Waals surface area (Å²) in [5.41, 5.74) is 3.69. The summed E-state index contributed by atoms with van der Waals surface area (Å²) in [5, 5.41) is 0.747. The van der Waals surface area contributed by atoms with E-state index in [0.717, 1.165) is 22.0 Å². The quantitative estimate of drug-likeness (QED) is 0.844. The van der Waals surface area contributed by atoms with E-state index in [1.165, 1.54) is 0 Å². The zero-order valence-electron chi connectivity index (χ0n) is 11.4. The van der Waals surface area contributed by atoms with Crippen LogP contribution in [-0.4, -0.2) is 8.42 Å². The van der Waals surface area contributed by atoms with Crippen LogP contribution >= 0.6 is 15.9 Å². The fraction of sp³-hybridized carbons (Fsp3) is 0.200. The summed E-state index contributed by atoms with van der Waals surface area (Å²) in [6, 6.07) is 12.4. The predicted octanol–water partition coefficient (Wildman–Crippen LogP) is 4.00. The minimum absolute atomic E-state index is 0.283. The van der Waals surface area contributed by atoms with Gasteiger partial charge >= 0.3 is 0 Å². The number of rotatable bonds is 4. The maximum absolute atomic E-state index is 12.3. The first kappa shape index (κ1) is 15.1.